The third-order valence-corrected chi connectivity index (χ3v) is 5.05. The first-order valence-electron chi connectivity index (χ1n) is 9.14. The van der Waals surface area contributed by atoms with Crippen LogP contribution in [0.4, 0.5) is 5.69 Å². The summed E-state index contributed by atoms with van der Waals surface area (Å²) in [7, 11) is 2.00. The third kappa shape index (κ3) is 5.33. The minimum Gasteiger partial charge on any atom is -0.439 e. The van der Waals surface area contributed by atoms with E-state index in [0.29, 0.717) is 11.0 Å². The van der Waals surface area contributed by atoms with Gasteiger partial charge in [-0.1, -0.05) is 18.2 Å². The summed E-state index contributed by atoms with van der Waals surface area (Å²) >= 11 is 1.51. The van der Waals surface area contributed by atoms with E-state index in [4.69, 9.17) is 4.74 Å². The largest absolute Gasteiger partial charge is 0.439 e. The third-order valence-electron chi connectivity index (χ3n) is 4.16. The van der Waals surface area contributed by atoms with Crippen molar-refractivity contribution in [1.29, 1.82) is 0 Å². The molecule has 0 aliphatic carbocycles. The van der Waals surface area contributed by atoms with E-state index in [1.54, 1.807) is 12.3 Å². The van der Waals surface area contributed by atoms with Crippen molar-refractivity contribution in [3.05, 3.63) is 65.9 Å². The highest BCUT2D eigenvalue weighted by molar-refractivity contribution is 7.99. The van der Waals surface area contributed by atoms with Crippen LogP contribution in [-0.4, -0.2) is 34.8 Å². The predicted octanol–water partition coefficient (Wildman–Crippen LogP) is 5.65. The molecule has 0 bridgehead atoms. The van der Waals surface area contributed by atoms with E-state index in [1.165, 1.54) is 11.8 Å². The van der Waals surface area contributed by atoms with Crippen LogP contribution in [0.3, 0.4) is 0 Å². The summed E-state index contributed by atoms with van der Waals surface area (Å²) in [6, 6.07) is 15.9. The van der Waals surface area contributed by atoms with Gasteiger partial charge in [-0.05, 0) is 67.9 Å². The molecule has 6 heteroatoms. The summed E-state index contributed by atoms with van der Waals surface area (Å²) in [5.74, 6) is 1.30. The van der Waals surface area contributed by atoms with Gasteiger partial charge >= 0.3 is 0 Å². The molecule has 3 rings (SSSR count). The van der Waals surface area contributed by atoms with E-state index >= 15 is 0 Å². The fourth-order valence-corrected chi connectivity index (χ4v) is 3.16. The minimum atomic E-state index is 0.526. The van der Waals surface area contributed by atoms with E-state index in [2.05, 4.69) is 21.9 Å². The van der Waals surface area contributed by atoms with Crippen LogP contribution in [0.2, 0.25) is 0 Å². The SMILES string of the molecule is CCN(C)/C=N/c1cc(C)c(Oc2ccnc(Sc3ccccc3)n2)cc1C. The van der Waals surface area contributed by atoms with Crippen molar-refractivity contribution in [2.75, 3.05) is 13.6 Å². The van der Waals surface area contributed by atoms with Crippen LogP contribution < -0.4 is 4.74 Å². The molecule has 28 heavy (non-hydrogen) atoms. The molecule has 0 aliphatic heterocycles. The van der Waals surface area contributed by atoms with Gasteiger partial charge < -0.3 is 9.64 Å². The fourth-order valence-electron chi connectivity index (χ4n) is 2.40. The standard InChI is InChI=1S/C22H24N4OS/c1-5-26(4)15-24-19-13-17(3)20(14-16(19)2)27-21-11-12-23-22(25-21)28-18-9-7-6-8-10-18/h6-15H,5H2,1-4H3/b24-15+. The second-order valence-electron chi connectivity index (χ2n) is 6.42. The predicted molar refractivity (Wildman–Crippen MR) is 115 cm³/mol. The van der Waals surface area contributed by atoms with E-state index in [-0.39, 0.29) is 0 Å². The van der Waals surface area contributed by atoms with Gasteiger partial charge in [-0.2, -0.15) is 4.98 Å². The zero-order valence-electron chi connectivity index (χ0n) is 16.6. The van der Waals surface area contributed by atoms with Crippen molar-refractivity contribution in [3.63, 3.8) is 0 Å². The smallest absolute Gasteiger partial charge is 0.223 e. The highest BCUT2D eigenvalue weighted by Gasteiger charge is 2.09. The molecule has 3 aromatic rings. The van der Waals surface area contributed by atoms with E-state index in [0.717, 1.165) is 34.0 Å². The summed E-state index contributed by atoms with van der Waals surface area (Å²) in [5.41, 5.74) is 3.00. The summed E-state index contributed by atoms with van der Waals surface area (Å²) in [6.45, 7) is 7.05. The molecule has 0 atom stereocenters. The van der Waals surface area contributed by atoms with Gasteiger partial charge in [-0.25, -0.2) is 9.98 Å². The molecule has 1 aromatic heterocycles. The van der Waals surface area contributed by atoms with Crippen LogP contribution >= 0.6 is 11.8 Å². The van der Waals surface area contributed by atoms with Crippen molar-refractivity contribution < 1.29 is 4.74 Å². The maximum Gasteiger partial charge on any atom is 0.223 e. The number of aliphatic imine (C=N–C) groups is 1. The number of benzene rings is 2. The van der Waals surface area contributed by atoms with Gasteiger partial charge in [0.25, 0.3) is 0 Å². The van der Waals surface area contributed by atoms with Gasteiger partial charge in [0, 0.05) is 30.8 Å². The Balaban J connectivity index is 1.77. The lowest BCUT2D eigenvalue weighted by Crippen LogP contribution is -2.14. The number of nitrogens with zero attached hydrogens (tertiary/aromatic N) is 4. The van der Waals surface area contributed by atoms with E-state index < -0.39 is 0 Å². The maximum absolute atomic E-state index is 6.04. The number of aromatic nitrogens is 2. The van der Waals surface area contributed by atoms with Crippen molar-refractivity contribution >= 4 is 23.8 Å². The first-order valence-corrected chi connectivity index (χ1v) is 9.96. The summed E-state index contributed by atoms with van der Waals surface area (Å²) in [6.07, 6.45) is 3.56. The zero-order valence-corrected chi connectivity index (χ0v) is 17.4. The Morgan fingerprint density at radius 3 is 2.64 bits per heavy atom. The molecule has 0 spiro atoms. The average molecular weight is 393 g/mol. The molecule has 0 N–H and O–H groups in total. The Labute approximate surface area is 170 Å². The Bertz CT molecular complexity index is 960. The number of hydrogen-bond acceptors (Lipinski definition) is 5. The quantitative estimate of drug-likeness (QED) is 0.295. The monoisotopic (exact) mass is 392 g/mol. The molecular weight excluding hydrogens is 368 g/mol. The highest BCUT2D eigenvalue weighted by atomic mass is 32.2. The van der Waals surface area contributed by atoms with Crippen molar-refractivity contribution in [2.24, 2.45) is 4.99 Å². The summed E-state index contributed by atoms with van der Waals surface area (Å²) in [4.78, 5) is 16.5. The van der Waals surface area contributed by atoms with Crippen LogP contribution in [0.15, 0.2) is 69.8 Å². The summed E-state index contributed by atoms with van der Waals surface area (Å²) < 4.78 is 6.04. The van der Waals surface area contributed by atoms with Crippen molar-refractivity contribution in [1.82, 2.24) is 14.9 Å². The minimum absolute atomic E-state index is 0.526. The van der Waals surface area contributed by atoms with Gasteiger partial charge in [0.2, 0.25) is 5.88 Å². The molecule has 0 unspecified atom stereocenters. The van der Waals surface area contributed by atoms with Crippen LogP contribution in [0, 0.1) is 13.8 Å². The topological polar surface area (TPSA) is 50.6 Å². The second-order valence-corrected chi connectivity index (χ2v) is 7.46. The second kappa shape index (κ2) is 9.37. The fraction of sp³-hybridized carbons (Fsp3) is 0.227. The average Bonchev–Trinajstić information content (AvgIpc) is 2.70. The molecular formula is C22H24N4OS. The molecule has 2 aromatic carbocycles. The number of ether oxygens (including phenoxy) is 1. The Morgan fingerprint density at radius 1 is 1.11 bits per heavy atom. The van der Waals surface area contributed by atoms with Gasteiger partial charge in [0.05, 0.1) is 12.0 Å². The maximum atomic E-state index is 6.04. The molecule has 144 valence electrons. The Morgan fingerprint density at radius 2 is 1.89 bits per heavy atom. The number of rotatable bonds is 7. The van der Waals surface area contributed by atoms with Crippen molar-refractivity contribution in [3.8, 4) is 11.6 Å². The first kappa shape index (κ1) is 19.9. The van der Waals surface area contributed by atoms with E-state index in [9.17, 15) is 0 Å². The van der Waals surface area contributed by atoms with Gasteiger partial charge in [0.1, 0.15) is 5.75 Å². The lowest BCUT2D eigenvalue weighted by atomic mass is 10.1. The molecule has 0 saturated heterocycles. The molecule has 0 saturated carbocycles. The molecule has 0 fully saturated rings. The molecule has 0 aliphatic rings. The normalized spacial score (nSPS) is 11.0. The Kier molecular flexibility index (Phi) is 6.66. The first-order chi connectivity index (χ1) is 13.5. The molecule has 1 heterocycles. The Hall–Kier alpha value is -2.86. The van der Waals surface area contributed by atoms with Crippen LogP contribution in [0.5, 0.6) is 11.6 Å². The zero-order chi connectivity index (χ0) is 19.9. The van der Waals surface area contributed by atoms with Crippen molar-refractivity contribution in [2.45, 2.75) is 30.8 Å². The molecule has 5 nitrogen and oxygen atoms in total. The van der Waals surface area contributed by atoms with Crippen LogP contribution in [0.25, 0.3) is 0 Å². The summed E-state index contributed by atoms with van der Waals surface area (Å²) in [5, 5.41) is 0.655. The van der Waals surface area contributed by atoms with Gasteiger partial charge in [-0.15, -0.1) is 0 Å². The molecule has 0 amide bonds. The molecule has 0 radical (unpaired) electrons. The number of hydrogen-bond donors (Lipinski definition) is 0. The van der Waals surface area contributed by atoms with E-state index in [1.807, 2.05) is 74.6 Å². The van der Waals surface area contributed by atoms with Crippen LogP contribution in [-0.2, 0) is 0 Å². The number of aryl methyl sites for hydroxylation is 2. The van der Waals surface area contributed by atoms with Gasteiger partial charge in [0.15, 0.2) is 5.16 Å². The lowest BCUT2D eigenvalue weighted by molar-refractivity contribution is 0.452. The highest BCUT2D eigenvalue weighted by Crippen LogP contribution is 2.32. The van der Waals surface area contributed by atoms with Crippen LogP contribution in [0.1, 0.15) is 18.1 Å². The van der Waals surface area contributed by atoms with Gasteiger partial charge in [-0.3, -0.25) is 0 Å². The lowest BCUT2D eigenvalue weighted by Gasteiger charge is -2.12.